The maximum absolute atomic E-state index is 12.5. The van der Waals surface area contributed by atoms with E-state index in [-0.39, 0.29) is 10.6 Å². The number of rotatable bonds is 6. The molecule has 28 heavy (non-hydrogen) atoms. The molecule has 1 aliphatic rings. The molecule has 1 aliphatic heterocycles. The molecule has 0 atom stereocenters. The molecule has 8 heteroatoms. The van der Waals surface area contributed by atoms with Crippen LogP contribution in [0.15, 0.2) is 53.9 Å². The van der Waals surface area contributed by atoms with Crippen molar-refractivity contribution in [1.29, 1.82) is 0 Å². The Labute approximate surface area is 165 Å². The predicted molar refractivity (Wildman–Crippen MR) is 109 cm³/mol. The number of benzene rings is 2. The van der Waals surface area contributed by atoms with Crippen molar-refractivity contribution in [2.24, 2.45) is 0 Å². The molecule has 7 nitrogen and oxygen atoms in total. The maximum Gasteiger partial charge on any atom is 0.272 e. The topological polar surface area (TPSA) is 83.8 Å². The van der Waals surface area contributed by atoms with Gasteiger partial charge in [0.05, 0.1) is 4.92 Å². The van der Waals surface area contributed by atoms with Crippen LogP contribution in [-0.4, -0.2) is 48.7 Å². The zero-order chi connectivity index (χ0) is 20.1. The van der Waals surface area contributed by atoms with E-state index in [1.165, 1.54) is 15.8 Å². The van der Waals surface area contributed by atoms with Crippen LogP contribution in [0.5, 0.6) is 0 Å². The average Bonchev–Trinajstić information content (AvgIpc) is 2.69. The summed E-state index contributed by atoms with van der Waals surface area (Å²) in [7, 11) is -3.47. The number of sulfonamides is 1. The molecule has 0 unspecified atom stereocenters. The van der Waals surface area contributed by atoms with Gasteiger partial charge in [-0.2, -0.15) is 4.31 Å². The number of nitrogens with zero attached hydrogens (tertiary/aromatic N) is 3. The Morgan fingerprint density at radius 3 is 2.36 bits per heavy atom. The van der Waals surface area contributed by atoms with Gasteiger partial charge in [-0.05, 0) is 24.1 Å². The second-order valence-corrected chi connectivity index (χ2v) is 8.57. The molecule has 0 bridgehead atoms. The molecule has 3 rings (SSSR count). The summed E-state index contributed by atoms with van der Waals surface area (Å²) >= 11 is 0. The Bertz CT molecular complexity index is 966. The highest BCUT2D eigenvalue weighted by molar-refractivity contribution is 7.92. The third-order valence-corrected chi connectivity index (χ3v) is 6.50. The fourth-order valence-electron chi connectivity index (χ4n) is 3.24. The third-order valence-electron chi connectivity index (χ3n) is 4.93. The van der Waals surface area contributed by atoms with Crippen LogP contribution in [0.3, 0.4) is 0 Å². The van der Waals surface area contributed by atoms with Gasteiger partial charge in [-0.1, -0.05) is 42.5 Å². The minimum atomic E-state index is -3.47. The van der Waals surface area contributed by atoms with E-state index in [1.807, 2.05) is 36.4 Å². The first-order valence-electron chi connectivity index (χ1n) is 9.05. The Hall–Kier alpha value is -2.55. The Morgan fingerprint density at radius 2 is 1.71 bits per heavy atom. The Balaban J connectivity index is 1.61. The summed E-state index contributed by atoms with van der Waals surface area (Å²) in [6.45, 7) is 4.29. The van der Waals surface area contributed by atoms with E-state index in [4.69, 9.17) is 0 Å². The van der Waals surface area contributed by atoms with E-state index in [1.54, 1.807) is 19.1 Å². The van der Waals surface area contributed by atoms with Crippen LogP contribution in [0, 0.1) is 17.0 Å². The van der Waals surface area contributed by atoms with E-state index in [2.05, 4.69) is 4.90 Å². The monoisotopic (exact) mass is 401 g/mol. The van der Waals surface area contributed by atoms with Gasteiger partial charge in [0.2, 0.25) is 10.0 Å². The lowest BCUT2D eigenvalue weighted by molar-refractivity contribution is -0.385. The highest BCUT2D eigenvalue weighted by Crippen LogP contribution is 2.23. The van der Waals surface area contributed by atoms with Crippen molar-refractivity contribution in [3.63, 3.8) is 0 Å². The largest absolute Gasteiger partial charge is 0.296 e. The molecule has 0 radical (unpaired) electrons. The highest BCUT2D eigenvalue weighted by atomic mass is 32.2. The summed E-state index contributed by atoms with van der Waals surface area (Å²) in [5.41, 5.74) is 2.51. The van der Waals surface area contributed by atoms with Gasteiger partial charge in [-0.15, -0.1) is 0 Å². The van der Waals surface area contributed by atoms with Crippen LogP contribution in [0.2, 0.25) is 0 Å². The van der Waals surface area contributed by atoms with E-state index < -0.39 is 10.0 Å². The molecule has 0 spiro atoms. The molecule has 0 saturated carbocycles. The van der Waals surface area contributed by atoms with Gasteiger partial charge >= 0.3 is 0 Å². The van der Waals surface area contributed by atoms with Crippen molar-refractivity contribution in [1.82, 2.24) is 9.21 Å². The normalized spacial score (nSPS) is 16.5. The van der Waals surface area contributed by atoms with Gasteiger partial charge in [-0.25, -0.2) is 8.42 Å². The second-order valence-electron chi connectivity index (χ2n) is 6.75. The summed E-state index contributed by atoms with van der Waals surface area (Å²) in [5.74, 6) is 0. The van der Waals surface area contributed by atoms with E-state index in [0.717, 1.165) is 11.1 Å². The predicted octanol–water partition coefficient (Wildman–Crippen LogP) is 3.02. The molecule has 2 aromatic rings. The molecule has 0 amide bonds. The summed E-state index contributed by atoms with van der Waals surface area (Å²) in [4.78, 5) is 12.8. The number of nitro groups is 1. The first-order valence-corrected chi connectivity index (χ1v) is 10.6. The van der Waals surface area contributed by atoms with Gasteiger partial charge < -0.3 is 0 Å². The first-order chi connectivity index (χ1) is 13.4. The van der Waals surface area contributed by atoms with Crippen LogP contribution < -0.4 is 0 Å². The van der Waals surface area contributed by atoms with Crippen LogP contribution in [0.4, 0.5) is 5.69 Å². The average molecular weight is 401 g/mol. The number of piperazine rings is 1. The lowest BCUT2D eigenvalue weighted by Gasteiger charge is -2.33. The molecule has 1 fully saturated rings. The third kappa shape index (κ3) is 4.83. The quantitative estimate of drug-likeness (QED) is 0.549. The molecule has 0 N–H and O–H groups in total. The molecule has 2 aromatic carbocycles. The maximum atomic E-state index is 12.5. The van der Waals surface area contributed by atoms with Crippen molar-refractivity contribution < 1.29 is 13.3 Å². The van der Waals surface area contributed by atoms with Gasteiger partial charge in [0.25, 0.3) is 5.69 Å². The van der Waals surface area contributed by atoms with Crippen molar-refractivity contribution in [3.8, 4) is 0 Å². The minimum Gasteiger partial charge on any atom is -0.296 e. The van der Waals surface area contributed by atoms with Crippen molar-refractivity contribution in [3.05, 3.63) is 80.7 Å². The first kappa shape index (κ1) is 20.2. The second kappa shape index (κ2) is 8.64. The summed E-state index contributed by atoms with van der Waals surface area (Å²) in [6.07, 6.45) is 1.61. The Kier molecular flexibility index (Phi) is 6.23. The zero-order valence-electron chi connectivity index (χ0n) is 15.7. The molecule has 0 aromatic heterocycles. The summed E-state index contributed by atoms with van der Waals surface area (Å²) in [6, 6.07) is 14.4. The molecule has 148 valence electrons. The zero-order valence-corrected chi connectivity index (χ0v) is 16.5. The lowest BCUT2D eigenvalue weighted by Crippen LogP contribution is -2.47. The Morgan fingerprint density at radius 1 is 1.04 bits per heavy atom. The lowest BCUT2D eigenvalue weighted by atomic mass is 10.1. The van der Waals surface area contributed by atoms with Gasteiger partial charge in [-0.3, -0.25) is 15.0 Å². The van der Waals surface area contributed by atoms with Crippen LogP contribution in [0.1, 0.15) is 16.7 Å². The van der Waals surface area contributed by atoms with Crippen molar-refractivity contribution in [2.75, 3.05) is 26.2 Å². The molecular formula is C20H23N3O4S. The number of nitro benzene ring substituents is 1. The summed E-state index contributed by atoms with van der Waals surface area (Å²) < 4.78 is 26.6. The van der Waals surface area contributed by atoms with E-state index in [9.17, 15) is 18.5 Å². The van der Waals surface area contributed by atoms with Crippen LogP contribution in [-0.2, 0) is 16.6 Å². The fraction of sp³-hybridized carbons (Fsp3) is 0.300. The number of hydrogen-bond donors (Lipinski definition) is 0. The van der Waals surface area contributed by atoms with Crippen LogP contribution in [0.25, 0.3) is 6.08 Å². The molecule has 1 heterocycles. The standard InChI is InChI=1S/C20H23N3O4S/c1-17-19(8-5-9-20(17)23(24)25)16-21-11-13-22(14-12-21)28(26,27)15-10-18-6-3-2-4-7-18/h2-10,15H,11-14,16H2,1H3/b15-10+. The molecule has 0 aliphatic carbocycles. The minimum absolute atomic E-state index is 0.116. The van der Waals surface area contributed by atoms with E-state index in [0.29, 0.717) is 38.3 Å². The number of hydrogen-bond acceptors (Lipinski definition) is 5. The van der Waals surface area contributed by atoms with Crippen molar-refractivity contribution in [2.45, 2.75) is 13.5 Å². The SMILES string of the molecule is Cc1c(CN2CCN(S(=O)(=O)/C=C/c3ccccc3)CC2)cccc1[N+](=O)[O-]. The fourth-order valence-corrected chi connectivity index (χ4v) is 4.41. The van der Waals surface area contributed by atoms with Gasteiger partial charge in [0.15, 0.2) is 0 Å². The van der Waals surface area contributed by atoms with Gasteiger partial charge in [0, 0.05) is 49.8 Å². The summed E-state index contributed by atoms with van der Waals surface area (Å²) in [5, 5.41) is 12.3. The van der Waals surface area contributed by atoms with Crippen molar-refractivity contribution >= 4 is 21.8 Å². The van der Waals surface area contributed by atoms with Crippen LogP contribution >= 0.6 is 0 Å². The van der Waals surface area contributed by atoms with E-state index >= 15 is 0 Å². The molecular weight excluding hydrogens is 378 g/mol. The molecule has 1 saturated heterocycles. The van der Waals surface area contributed by atoms with Gasteiger partial charge in [0.1, 0.15) is 0 Å². The smallest absolute Gasteiger partial charge is 0.272 e. The highest BCUT2D eigenvalue weighted by Gasteiger charge is 2.25.